The fourth-order valence-corrected chi connectivity index (χ4v) is 3.22. The number of esters is 1. The summed E-state index contributed by atoms with van der Waals surface area (Å²) < 4.78 is 5.30. The van der Waals surface area contributed by atoms with Crippen molar-refractivity contribution < 1.29 is 14.3 Å². The van der Waals surface area contributed by atoms with Gasteiger partial charge in [0.1, 0.15) is 0 Å². The van der Waals surface area contributed by atoms with Crippen LogP contribution in [0.2, 0.25) is 0 Å². The van der Waals surface area contributed by atoms with Crippen LogP contribution in [0.1, 0.15) is 49.4 Å². The van der Waals surface area contributed by atoms with Crippen LogP contribution in [0, 0.1) is 0 Å². The molecule has 1 aromatic heterocycles. The molecule has 6 nitrogen and oxygen atoms in total. The number of nitrogens with one attached hydrogen (secondary N) is 2. The van der Waals surface area contributed by atoms with Gasteiger partial charge in [-0.2, -0.15) is 0 Å². The maximum atomic E-state index is 12.5. The van der Waals surface area contributed by atoms with E-state index in [0.717, 1.165) is 25.7 Å². The number of rotatable bonds is 4. The summed E-state index contributed by atoms with van der Waals surface area (Å²) in [6, 6.07) is 8.35. The Morgan fingerprint density at radius 1 is 1.20 bits per heavy atom. The molecule has 1 aromatic carbocycles. The van der Waals surface area contributed by atoms with Crippen molar-refractivity contribution in [3.63, 3.8) is 0 Å². The van der Waals surface area contributed by atoms with Gasteiger partial charge in [-0.15, -0.1) is 0 Å². The number of para-hydroxylation sites is 1. The van der Waals surface area contributed by atoms with Crippen molar-refractivity contribution in [1.29, 1.82) is 0 Å². The number of aromatic amines is 1. The van der Waals surface area contributed by atoms with E-state index in [0.29, 0.717) is 10.9 Å². The molecule has 1 amide bonds. The first-order valence-electron chi connectivity index (χ1n) is 8.68. The van der Waals surface area contributed by atoms with Gasteiger partial charge in [0.25, 0.3) is 5.91 Å². The average molecular weight is 342 g/mol. The van der Waals surface area contributed by atoms with Crippen LogP contribution in [-0.4, -0.2) is 29.0 Å². The Morgan fingerprint density at radius 2 is 1.92 bits per heavy atom. The topological polar surface area (TPSA) is 88.3 Å². The third-order valence-corrected chi connectivity index (χ3v) is 4.58. The van der Waals surface area contributed by atoms with Crippen LogP contribution in [-0.2, 0) is 9.53 Å². The zero-order chi connectivity index (χ0) is 17.8. The number of pyridine rings is 1. The van der Waals surface area contributed by atoms with Gasteiger partial charge in [0.05, 0.1) is 5.56 Å². The molecule has 1 heterocycles. The van der Waals surface area contributed by atoms with Crippen LogP contribution < -0.4 is 10.9 Å². The molecule has 1 saturated carbocycles. The predicted octanol–water partition coefficient (Wildman–Crippen LogP) is 2.52. The summed E-state index contributed by atoms with van der Waals surface area (Å²) >= 11 is 0. The fraction of sp³-hybridized carbons (Fsp3) is 0.421. The first kappa shape index (κ1) is 17.2. The summed E-state index contributed by atoms with van der Waals surface area (Å²) in [6.45, 7) is 1.55. The van der Waals surface area contributed by atoms with Gasteiger partial charge in [-0.25, -0.2) is 4.79 Å². The minimum Gasteiger partial charge on any atom is -0.449 e. The fourth-order valence-electron chi connectivity index (χ4n) is 3.22. The Labute approximate surface area is 145 Å². The number of H-pyrrole nitrogens is 1. The maximum absolute atomic E-state index is 12.5. The van der Waals surface area contributed by atoms with Gasteiger partial charge in [0.2, 0.25) is 5.56 Å². The summed E-state index contributed by atoms with van der Waals surface area (Å²) in [4.78, 5) is 39.1. The van der Waals surface area contributed by atoms with E-state index in [2.05, 4.69) is 10.3 Å². The molecule has 25 heavy (non-hydrogen) atoms. The van der Waals surface area contributed by atoms with Crippen LogP contribution in [0.25, 0.3) is 10.9 Å². The second-order valence-electron chi connectivity index (χ2n) is 6.48. The van der Waals surface area contributed by atoms with E-state index < -0.39 is 12.1 Å². The van der Waals surface area contributed by atoms with Gasteiger partial charge in [0, 0.05) is 23.0 Å². The molecule has 1 fully saturated rings. The minimum atomic E-state index is -0.910. The summed E-state index contributed by atoms with van der Waals surface area (Å²) in [5.41, 5.74) is 0.336. The van der Waals surface area contributed by atoms with Crippen molar-refractivity contribution in [2.45, 2.75) is 51.2 Å². The number of carbonyl (C=O) groups is 2. The maximum Gasteiger partial charge on any atom is 0.339 e. The summed E-state index contributed by atoms with van der Waals surface area (Å²) in [7, 11) is 0. The third kappa shape index (κ3) is 4.07. The van der Waals surface area contributed by atoms with Crippen molar-refractivity contribution in [2.75, 3.05) is 0 Å². The molecular weight excluding hydrogens is 320 g/mol. The molecule has 0 saturated heterocycles. The molecule has 6 heteroatoms. The molecule has 3 rings (SSSR count). The number of aromatic nitrogens is 1. The summed E-state index contributed by atoms with van der Waals surface area (Å²) in [6.07, 6.45) is 4.44. The molecule has 132 valence electrons. The number of fused-ring (bicyclic) bond motifs is 1. The molecule has 0 aliphatic heterocycles. The molecular formula is C19H22N2O4. The average Bonchev–Trinajstić information content (AvgIpc) is 2.61. The molecule has 1 aliphatic rings. The molecule has 0 radical (unpaired) electrons. The van der Waals surface area contributed by atoms with E-state index in [-0.39, 0.29) is 23.1 Å². The van der Waals surface area contributed by atoms with Crippen molar-refractivity contribution in [2.24, 2.45) is 0 Å². The molecule has 0 spiro atoms. The van der Waals surface area contributed by atoms with E-state index >= 15 is 0 Å². The van der Waals surface area contributed by atoms with Crippen LogP contribution in [0.3, 0.4) is 0 Å². The predicted molar refractivity (Wildman–Crippen MR) is 94.5 cm³/mol. The highest BCUT2D eigenvalue weighted by Gasteiger charge is 2.23. The zero-order valence-electron chi connectivity index (χ0n) is 14.2. The molecule has 1 atom stereocenters. The highest BCUT2D eigenvalue weighted by molar-refractivity contribution is 6.03. The van der Waals surface area contributed by atoms with E-state index in [4.69, 9.17) is 4.74 Å². The van der Waals surface area contributed by atoms with Crippen molar-refractivity contribution >= 4 is 22.8 Å². The van der Waals surface area contributed by atoms with Crippen molar-refractivity contribution in [3.8, 4) is 0 Å². The number of hydrogen-bond acceptors (Lipinski definition) is 4. The summed E-state index contributed by atoms with van der Waals surface area (Å²) in [5.74, 6) is -0.969. The number of hydrogen-bond donors (Lipinski definition) is 2. The van der Waals surface area contributed by atoms with Crippen LogP contribution >= 0.6 is 0 Å². The number of ether oxygens (including phenoxy) is 1. The summed E-state index contributed by atoms with van der Waals surface area (Å²) in [5, 5.41) is 3.53. The van der Waals surface area contributed by atoms with Crippen molar-refractivity contribution in [1.82, 2.24) is 10.3 Å². The smallest absolute Gasteiger partial charge is 0.339 e. The Bertz CT molecular complexity index is 837. The van der Waals surface area contributed by atoms with Gasteiger partial charge < -0.3 is 15.0 Å². The molecule has 1 aliphatic carbocycles. The van der Waals surface area contributed by atoms with E-state index in [9.17, 15) is 14.4 Å². The second-order valence-corrected chi connectivity index (χ2v) is 6.48. The standard InChI is InChI=1S/C19H22N2O4/c1-12(18(23)20-13-7-3-2-4-8-13)25-19(24)15-11-17(22)21-16-10-6-5-9-14(15)16/h5-6,9-13H,2-4,7-8H2,1H3,(H,20,23)(H,21,22)/t12-/m0/s1. The first-order valence-corrected chi connectivity index (χ1v) is 8.68. The molecule has 2 N–H and O–H groups in total. The lowest BCUT2D eigenvalue weighted by atomic mass is 9.95. The Morgan fingerprint density at radius 3 is 2.68 bits per heavy atom. The Hall–Kier alpha value is -2.63. The highest BCUT2D eigenvalue weighted by atomic mass is 16.5. The Kier molecular flexibility index (Phi) is 5.16. The normalized spacial score (nSPS) is 16.4. The van der Waals surface area contributed by atoms with E-state index in [1.165, 1.54) is 12.5 Å². The van der Waals surface area contributed by atoms with E-state index in [1.54, 1.807) is 31.2 Å². The monoisotopic (exact) mass is 342 g/mol. The van der Waals surface area contributed by atoms with Gasteiger partial charge in [-0.1, -0.05) is 37.5 Å². The minimum absolute atomic E-state index is 0.155. The SMILES string of the molecule is C[C@H](OC(=O)c1cc(=O)[nH]c2ccccc12)C(=O)NC1CCCCC1. The lowest BCUT2D eigenvalue weighted by Gasteiger charge is -2.24. The highest BCUT2D eigenvalue weighted by Crippen LogP contribution is 2.18. The number of amides is 1. The van der Waals surface area contributed by atoms with Crippen molar-refractivity contribution in [3.05, 3.63) is 46.2 Å². The van der Waals surface area contributed by atoms with Crippen LogP contribution in [0.15, 0.2) is 35.1 Å². The Balaban J connectivity index is 1.71. The van der Waals surface area contributed by atoms with Gasteiger partial charge in [-0.05, 0) is 25.8 Å². The molecule has 0 bridgehead atoms. The zero-order valence-corrected chi connectivity index (χ0v) is 14.2. The molecule has 0 unspecified atom stereocenters. The van der Waals surface area contributed by atoms with Gasteiger partial charge >= 0.3 is 5.97 Å². The third-order valence-electron chi connectivity index (χ3n) is 4.58. The lowest BCUT2D eigenvalue weighted by molar-refractivity contribution is -0.130. The van der Waals surface area contributed by atoms with Crippen LogP contribution in [0.5, 0.6) is 0 Å². The quantitative estimate of drug-likeness (QED) is 0.836. The number of carbonyl (C=O) groups excluding carboxylic acids is 2. The van der Waals surface area contributed by atoms with Crippen LogP contribution in [0.4, 0.5) is 0 Å². The lowest BCUT2D eigenvalue weighted by Crippen LogP contribution is -2.42. The number of benzene rings is 1. The molecule has 2 aromatic rings. The second kappa shape index (κ2) is 7.51. The van der Waals surface area contributed by atoms with Gasteiger partial charge in [0.15, 0.2) is 6.10 Å². The first-order chi connectivity index (χ1) is 12.0. The van der Waals surface area contributed by atoms with E-state index in [1.807, 2.05) is 0 Å². The van der Waals surface area contributed by atoms with Gasteiger partial charge in [-0.3, -0.25) is 9.59 Å². The largest absolute Gasteiger partial charge is 0.449 e.